The molecule has 104 valence electrons. The SMILES string of the molecule is COC(=O)Cn1nc(C)c(N=Nc2ccccc2)c1C. The molecule has 6 nitrogen and oxygen atoms in total. The first kappa shape index (κ1) is 13.9. The Hall–Kier alpha value is -2.50. The average molecular weight is 272 g/mol. The van der Waals surface area contributed by atoms with Crippen LogP contribution in [0.25, 0.3) is 0 Å². The van der Waals surface area contributed by atoms with Crippen molar-refractivity contribution in [1.29, 1.82) is 0 Å². The van der Waals surface area contributed by atoms with E-state index < -0.39 is 0 Å². The van der Waals surface area contributed by atoms with Crippen molar-refractivity contribution in [2.75, 3.05) is 7.11 Å². The lowest BCUT2D eigenvalue weighted by Crippen LogP contribution is -2.13. The Morgan fingerprint density at radius 3 is 2.60 bits per heavy atom. The second-order valence-electron chi connectivity index (χ2n) is 4.29. The standard InChI is InChI=1S/C14H16N4O2/c1-10-14(16-15-12-7-5-4-6-8-12)11(2)18(17-10)9-13(19)20-3/h4-8H,9H2,1-3H3. The average Bonchev–Trinajstić information content (AvgIpc) is 2.72. The normalized spacial score (nSPS) is 10.9. The lowest BCUT2D eigenvalue weighted by molar-refractivity contribution is -0.141. The van der Waals surface area contributed by atoms with Gasteiger partial charge in [-0.3, -0.25) is 9.48 Å². The highest BCUT2D eigenvalue weighted by Gasteiger charge is 2.13. The molecule has 0 saturated carbocycles. The summed E-state index contributed by atoms with van der Waals surface area (Å²) in [6, 6.07) is 9.45. The molecule has 1 aromatic heterocycles. The number of methoxy groups -OCH3 is 1. The Kier molecular flexibility index (Phi) is 4.24. The van der Waals surface area contributed by atoms with Gasteiger partial charge in [-0.15, -0.1) is 5.11 Å². The monoisotopic (exact) mass is 272 g/mol. The van der Waals surface area contributed by atoms with Gasteiger partial charge in [-0.1, -0.05) is 18.2 Å². The fourth-order valence-corrected chi connectivity index (χ4v) is 1.78. The fourth-order valence-electron chi connectivity index (χ4n) is 1.78. The summed E-state index contributed by atoms with van der Waals surface area (Å²) in [4.78, 5) is 11.3. The first-order valence-corrected chi connectivity index (χ1v) is 6.19. The maximum atomic E-state index is 11.3. The van der Waals surface area contributed by atoms with E-state index in [9.17, 15) is 4.79 Å². The van der Waals surface area contributed by atoms with Crippen LogP contribution in [0.5, 0.6) is 0 Å². The zero-order chi connectivity index (χ0) is 14.5. The molecule has 0 saturated heterocycles. The minimum absolute atomic E-state index is 0.0734. The summed E-state index contributed by atoms with van der Waals surface area (Å²) < 4.78 is 6.20. The highest BCUT2D eigenvalue weighted by atomic mass is 16.5. The topological polar surface area (TPSA) is 68.8 Å². The number of azo groups is 1. The Labute approximate surface area is 117 Å². The van der Waals surface area contributed by atoms with Gasteiger partial charge in [-0.25, -0.2) is 0 Å². The van der Waals surface area contributed by atoms with Crippen molar-refractivity contribution in [2.45, 2.75) is 20.4 Å². The van der Waals surface area contributed by atoms with E-state index in [2.05, 4.69) is 20.1 Å². The number of aryl methyl sites for hydroxylation is 1. The van der Waals surface area contributed by atoms with Gasteiger partial charge in [0.15, 0.2) is 0 Å². The molecule has 0 aliphatic rings. The highest BCUT2D eigenvalue weighted by Crippen LogP contribution is 2.25. The third-order valence-electron chi connectivity index (χ3n) is 2.87. The summed E-state index contributed by atoms with van der Waals surface area (Å²) in [5.41, 5.74) is 2.96. The van der Waals surface area contributed by atoms with Crippen LogP contribution in [0.1, 0.15) is 11.4 Å². The van der Waals surface area contributed by atoms with Gasteiger partial charge < -0.3 is 4.74 Å². The number of rotatable bonds is 4. The number of carbonyl (C=O) groups is 1. The van der Waals surface area contributed by atoms with Gasteiger partial charge in [-0.05, 0) is 26.0 Å². The molecule has 1 aromatic carbocycles. The molecule has 0 fully saturated rings. The summed E-state index contributed by atoms with van der Waals surface area (Å²) in [6.07, 6.45) is 0. The number of aromatic nitrogens is 2. The van der Waals surface area contributed by atoms with E-state index in [0.29, 0.717) is 5.69 Å². The molecular weight excluding hydrogens is 256 g/mol. The molecule has 2 rings (SSSR count). The van der Waals surface area contributed by atoms with Crippen molar-refractivity contribution < 1.29 is 9.53 Å². The molecule has 0 spiro atoms. The Bertz CT molecular complexity index is 632. The predicted octanol–water partition coefficient (Wildman–Crippen LogP) is 3.09. The predicted molar refractivity (Wildman–Crippen MR) is 74.3 cm³/mol. The number of esters is 1. The Morgan fingerprint density at radius 1 is 1.25 bits per heavy atom. The van der Waals surface area contributed by atoms with E-state index in [0.717, 1.165) is 17.1 Å². The smallest absolute Gasteiger partial charge is 0.327 e. The quantitative estimate of drug-likeness (QED) is 0.634. The zero-order valence-electron chi connectivity index (χ0n) is 11.7. The second-order valence-corrected chi connectivity index (χ2v) is 4.29. The molecule has 1 heterocycles. The van der Waals surface area contributed by atoms with Crippen LogP contribution in [0.15, 0.2) is 40.6 Å². The van der Waals surface area contributed by atoms with Gasteiger partial charge in [-0.2, -0.15) is 10.2 Å². The molecular formula is C14H16N4O2. The first-order chi connectivity index (χ1) is 9.61. The second kappa shape index (κ2) is 6.10. The largest absolute Gasteiger partial charge is 0.468 e. The molecule has 0 aliphatic heterocycles. The van der Waals surface area contributed by atoms with Crippen molar-refractivity contribution in [3.8, 4) is 0 Å². The summed E-state index contributed by atoms with van der Waals surface area (Å²) in [6.45, 7) is 3.76. The fraction of sp³-hybridized carbons (Fsp3) is 0.286. The molecule has 20 heavy (non-hydrogen) atoms. The third kappa shape index (κ3) is 3.09. The van der Waals surface area contributed by atoms with Gasteiger partial charge in [0, 0.05) is 0 Å². The minimum atomic E-state index is -0.345. The minimum Gasteiger partial charge on any atom is -0.468 e. The van der Waals surface area contributed by atoms with Crippen molar-refractivity contribution in [1.82, 2.24) is 9.78 Å². The van der Waals surface area contributed by atoms with Crippen LogP contribution in [0.3, 0.4) is 0 Å². The van der Waals surface area contributed by atoms with Gasteiger partial charge in [0.05, 0.1) is 24.2 Å². The summed E-state index contributed by atoms with van der Waals surface area (Å²) in [5.74, 6) is -0.345. The molecule has 0 radical (unpaired) electrons. The van der Waals surface area contributed by atoms with E-state index >= 15 is 0 Å². The van der Waals surface area contributed by atoms with Gasteiger partial charge in [0.1, 0.15) is 12.2 Å². The van der Waals surface area contributed by atoms with Crippen LogP contribution in [0.2, 0.25) is 0 Å². The lowest BCUT2D eigenvalue weighted by atomic mass is 10.3. The molecule has 0 amide bonds. The molecule has 6 heteroatoms. The van der Waals surface area contributed by atoms with E-state index in [-0.39, 0.29) is 12.5 Å². The van der Waals surface area contributed by atoms with Crippen molar-refractivity contribution in [2.24, 2.45) is 10.2 Å². The molecule has 0 atom stereocenters. The lowest BCUT2D eigenvalue weighted by Gasteiger charge is -2.01. The third-order valence-corrected chi connectivity index (χ3v) is 2.87. The van der Waals surface area contributed by atoms with Crippen molar-refractivity contribution in [3.63, 3.8) is 0 Å². The summed E-state index contributed by atoms with van der Waals surface area (Å²) >= 11 is 0. The van der Waals surface area contributed by atoms with Gasteiger partial charge in [0.2, 0.25) is 0 Å². The maximum absolute atomic E-state index is 11.3. The number of benzene rings is 1. The number of ether oxygens (including phenoxy) is 1. The van der Waals surface area contributed by atoms with E-state index in [1.807, 2.05) is 44.2 Å². The van der Waals surface area contributed by atoms with Crippen LogP contribution < -0.4 is 0 Å². The number of hydrogen-bond donors (Lipinski definition) is 0. The molecule has 0 bridgehead atoms. The molecule has 0 aliphatic carbocycles. The number of hydrogen-bond acceptors (Lipinski definition) is 5. The molecule has 0 N–H and O–H groups in total. The van der Waals surface area contributed by atoms with Gasteiger partial charge in [0.25, 0.3) is 0 Å². The summed E-state index contributed by atoms with van der Waals surface area (Å²) in [5, 5.41) is 12.7. The summed E-state index contributed by atoms with van der Waals surface area (Å²) in [7, 11) is 1.35. The molecule has 0 unspecified atom stereocenters. The highest BCUT2D eigenvalue weighted by molar-refractivity contribution is 5.69. The van der Waals surface area contributed by atoms with Crippen LogP contribution in [0.4, 0.5) is 11.4 Å². The van der Waals surface area contributed by atoms with Crippen molar-refractivity contribution in [3.05, 3.63) is 41.7 Å². The maximum Gasteiger partial charge on any atom is 0.327 e. The van der Waals surface area contributed by atoms with E-state index in [4.69, 9.17) is 0 Å². The molecule has 2 aromatic rings. The Balaban J connectivity index is 2.24. The number of carbonyl (C=O) groups excluding carboxylic acids is 1. The van der Waals surface area contributed by atoms with Crippen LogP contribution in [-0.4, -0.2) is 22.9 Å². The Morgan fingerprint density at radius 2 is 1.95 bits per heavy atom. The van der Waals surface area contributed by atoms with Gasteiger partial charge >= 0.3 is 5.97 Å². The van der Waals surface area contributed by atoms with Crippen LogP contribution >= 0.6 is 0 Å². The van der Waals surface area contributed by atoms with Crippen LogP contribution in [-0.2, 0) is 16.1 Å². The van der Waals surface area contributed by atoms with Crippen molar-refractivity contribution >= 4 is 17.3 Å². The van der Waals surface area contributed by atoms with E-state index in [1.165, 1.54) is 7.11 Å². The first-order valence-electron chi connectivity index (χ1n) is 6.19. The van der Waals surface area contributed by atoms with E-state index in [1.54, 1.807) is 4.68 Å². The number of nitrogens with zero attached hydrogens (tertiary/aromatic N) is 4. The van der Waals surface area contributed by atoms with Crippen LogP contribution in [0, 0.1) is 13.8 Å². The zero-order valence-corrected chi connectivity index (χ0v) is 11.7.